The summed E-state index contributed by atoms with van der Waals surface area (Å²) in [5.41, 5.74) is 0.591. The van der Waals surface area contributed by atoms with Crippen molar-refractivity contribution in [3.05, 3.63) is 60.7 Å². The number of cyclic esters (lactones) is 1. The van der Waals surface area contributed by atoms with Gasteiger partial charge in [-0.3, -0.25) is 14.5 Å². The Morgan fingerprint density at radius 1 is 1.18 bits per heavy atom. The maximum Gasteiger partial charge on any atom is 0.414 e. The summed E-state index contributed by atoms with van der Waals surface area (Å²) >= 11 is 0. The summed E-state index contributed by atoms with van der Waals surface area (Å²) in [5.74, 6) is 0.222. The van der Waals surface area contributed by atoms with Gasteiger partial charge < -0.3 is 29.1 Å². The molecule has 2 aromatic carbocycles. The van der Waals surface area contributed by atoms with Crippen LogP contribution in [0.15, 0.2) is 55.1 Å². The summed E-state index contributed by atoms with van der Waals surface area (Å²) in [5, 5.41) is 11.1. The van der Waals surface area contributed by atoms with Crippen molar-refractivity contribution in [1.82, 2.24) is 4.90 Å². The van der Waals surface area contributed by atoms with Crippen LogP contribution in [0.4, 0.5) is 16.2 Å². The molecule has 1 N–H and O–H groups in total. The van der Waals surface area contributed by atoms with Gasteiger partial charge in [-0.15, -0.1) is 6.58 Å². The standard InChI is InChI=1S/C34H43N3O7Si/c1-6-15-37-28-14-9-23(36-17-18-43-33(36)41)19-27(28)34(32(37)40)22(2)31(45(4,5)26-12-10-25(42-3)11-13-26)29(44-34)20-30(39)35-16-7-8-24(35)21-38/h6,9-14,19,22,24,29,31,38H,1,7-8,15-18,20-21H2,2-5H3/t22-,24+,29+,31-,34+/m1/s1. The van der Waals surface area contributed by atoms with Crippen molar-refractivity contribution in [3.8, 4) is 5.75 Å². The second kappa shape index (κ2) is 11.9. The van der Waals surface area contributed by atoms with Gasteiger partial charge in [-0.25, -0.2) is 4.79 Å². The number of carbonyl (C=O) groups is 3. The van der Waals surface area contributed by atoms with Crippen molar-refractivity contribution in [3.63, 3.8) is 0 Å². The number of hydrogen-bond donors (Lipinski definition) is 1. The summed E-state index contributed by atoms with van der Waals surface area (Å²) in [4.78, 5) is 46.2. The first-order valence-electron chi connectivity index (χ1n) is 15.8. The van der Waals surface area contributed by atoms with Crippen LogP contribution >= 0.6 is 0 Å². The highest BCUT2D eigenvalue weighted by Crippen LogP contribution is 2.60. The fourth-order valence-corrected chi connectivity index (χ4v) is 12.3. The fraction of sp³-hybridized carbons (Fsp3) is 0.500. The predicted octanol–water partition coefficient (Wildman–Crippen LogP) is 3.77. The molecule has 45 heavy (non-hydrogen) atoms. The second-order valence-corrected chi connectivity index (χ2v) is 17.8. The van der Waals surface area contributed by atoms with Crippen molar-refractivity contribution in [2.45, 2.75) is 62.6 Å². The zero-order valence-electron chi connectivity index (χ0n) is 26.5. The molecule has 240 valence electrons. The number of aliphatic hydroxyl groups is 1. The molecule has 2 aromatic rings. The third-order valence-corrected chi connectivity index (χ3v) is 14.8. The molecular formula is C34H43N3O7Si. The summed E-state index contributed by atoms with van der Waals surface area (Å²) in [6.45, 7) is 12.1. The lowest BCUT2D eigenvalue weighted by Gasteiger charge is -2.37. The third-order valence-electron chi connectivity index (χ3n) is 10.5. The Balaban J connectivity index is 1.47. The molecule has 0 radical (unpaired) electrons. The monoisotopic (exact) mass is 633 g/mol. The van der Waals surface area contributed by atoms with Gasteiger partial charge in [0.1, 0.15) is 12.4 Å². The molecule has 6 rings (SSSR count). The molecule has 0 aromatic heterocycles. The van der Waals surface area contributed by atoms with E-state index in [1.807, 2.05) is 30.3 Å². The second-order valence-electron chi connectivity index (χ2n) is 13.1. The molecule has 3 saturated heterocycles. The molecule has 3 fully saturated rings. The van der Waals surface area contributed by atoms with Gasteiger partial charge in [-0.1, -0.05) is 43.4 Å². The van der Waals surface area contributed by atoms with Crippen LogP contribution < -0.4 is 19.7 Å². The van der Waals surface area contributed by atoms with Crippen LogP contribution in [0.1, 0.15) is 31.7 Å². The molecule has 4 aliphatic heterocycles. The van der Waals surface area contributed by atoms with E-state index in [1.165, 1.54) is 5.19 Å². The largest absolute Gasteiger partial charge is 0.497 e. The lowest BCUT2D eigenvalue weighted by Crippen LogP contribution is -2.52. The first kappa shape index (κ1) is 31.3. The summed E-state index contributed by atoms with van der Waals surface area (Å²) < 4.78 is 17.7. The maximum atomic E-state index is 14.7. The van der Waals surface area contributed by atoms with Crippen LogP contribution in [0, 0.1) is 5.92 Å². The van der Waals surface area contributed by atoms with Crippen LogP contribution in [-0.2, 0) is 24.7 Å². The number of ether oxygens (including phenoxy) is 3. The van der Waals surface area contributed by atoms with Gasteiger partial charge in [0.25, 0.3) is 5.91 Å². The Kier molecular flexibility index (Phi) is 8.30. The number of anilines is 2. The van der Waals surface area contributed by atoms with E-state index in [-0.39, 0.29) is 42.3 Å². The molecule has 4 heterocycles. The number of aliphatic hydroxyl groups excluding tert-OH is 1. The van der Waals surface area contributed by atoms with Crippen LogP contribution in [0.25, 0.3) is 0 Å². The van der Waals surface area contributed by atoms with Crippen molar-refractivity contribution in [1.29, 1.82) is 0 Å². The molecular weight excluding hydrogens is 590 g/mol. The lowest BCUT2D eigenvalue weighted by atomic mass is 9.82. The number of amides is 3. The number of methoxy groups -OCH3 is 1. The number of benzene rings is 2. The van der Waals surface area contributed by atoms with E-state index in [0.717, 1.165) is 24.3 Å². The number of likely N-dealkylation sites (tertiary alicyclic amines) is 1. The maximum absolute atomic E-state index is 14.7. The summed E-state index contributed by atoms with van der Waals surface area (Å²) in [6, 6.07) is 13.5. The smallest absolute Gasteiger partial charge is 0.414 e. The number of hydrogen-bond acceptors (Lipinski definition) is 7. The SMILES string of the molecule is C=CCN1C(=O)[C@@]2(O[C@@H](CC(=O)N3CCC[C@H]3CO)[C@H]([Si](C)(C)c3ccc(OC)cc3)[C@H]2C)c2cc(N3CCOC3=O)ccc21. The van der Waals surface area contributed by atoms with Crippen LogP contribution in [0.5, 0.6) is 5.75 Å². The molecule has 0 unspecified atom stereocenters. The molecule has 0 aliphatic carbocycles. The molecule has 4 aliphatic rings. The predicted molar refractivity (Wildman–Crippen MR) is 174 cm³/mol. The van der Waals surface area contributed by atoms with E-state index in [1.54, 1.807) is 27.9 Å². The molecule has 10 nitrogen and oxygen atoms in total. The minimum absolute atomic E-state index is 0.0625. The Bertz CT molecular complexity index is 1500. The first-order chi connectivity index (χ1) is 21.6. The van der Waals surface area contributed by atoms with Crippen molar-refractivity contribution in [2.24, 2.45) is 5.92 Å². The topological polar surface area (TPSA) is 109 Å². The quantitative estimate of drug-likeness (QED) is 0.331. The average molecular weight is 634 g/mol. The third kappa shape index (κ3) is 4.96. The van der Waals surface area contributed by atoms with Gasteiger partial charge in [0.2, 0.25) is 5.91 Å². The van der Waals surface area contributed by atoms with E-state index in [4.69, 9.17) is 14.2 Å². The molecule has 0 bridgehead atoms. The highest BCUT2D eigenvalue weighted by Gasteiger charge is 2.66. The summed E-state index contributed by atoms with van der Waals surface area (Å²) in [6.07, 6.45) is 2.47. The zero-order valence-corrected chi connectivity index (χ0v) is 27.5. The normalized spacial score (nSPS) is 27.8. The average Bonchev–Trinajstić information content (AvgIpc) is 3.80. The molecule has 11 heteroatoms. The van der Waals surface area contributed by atoms with E-state index < -0.39 is 25.9 Å². The number of fused-ring (bicyclic) bond motifs is 2. The van der Waals surface area contributed by atoms with E-state index in [9.17, 15) is 19.5 Å². The van der Waals surface area contributed by atoms with E-state index in [0.29, 0.717) is 37.5 Å². The Morgan fingerprint density at radius 2 is 1.93 bits per heavy atom. The van der Waals surface area contributed by atoms with Gasteiger partial charge in [0.15, 0.2) is 5.60 Å². The molecule has 3 amide bonds. The van der Waals surface area contributed by atoms with Crippen LogP contribution in [0.2, 0.25) is 18.6 Å². The number of carbonyl (C=O) groups excluding carboxylic acids is 3. The Hall–Kier alpha value is -3.67. The van der Waals surface area contributed by atoms with E-state index in [2.05, 4.69) is 38.7 Å². The Morgan fingerprint density at radius 3 is 2.58 bits per heavy atom. The van der Waals surface area contributed by atoms with Gasteiger partial charge in [0, 0.05) is 30.3 Å². The van der Waals surface area contributed by atoms with Crippen LogP contribution in [-0.4, -0.2) is 88.1 Å². The number of rotatable bonds is 9. The molecule has 1 spiro atoms. The fourth-order valence-electron chi connectivity index (χ4n) is 8.25. The van der Waals surface area contributed by atoms with Crippen LogP contribution in [0.3, 0.4) is 0 Å². The Labute approximate surface area is 265 Å². The van der Waals surface area contributed by atoms with Gasteiger partial charge in [0.05, 0.1) is 52.6 Å². The van der Waals surface area contributed by atoms with Gasteiger partial charge >= 0.3 is 6.09 Å². The van der Waals surface area contributed by atoms with Crippen molar-refractivity contribution in [2.75, 3.05) is 49.8 Å². The van der Waals surface area contributed by atoms with Gasteiger partial charge in [-0.05, 0) is 48.7 Å². The van der Waals surface area contributed by atoms with Crippen molar-refractivity contribution < 1.29 is 33.7 Å². The molecule has 5 atom stereocenters. The summed E-state index contributed by atoms with van der Waals surface area (Å²) in [7, 11) is -0.810. The van der Waals surface area contributed by atoms with Gasteiger partial charge in [-0.2, -0.15) is 0 Å². The first-order valence-corrected chi connectivity index (χ1v) is 18.9. The highest BCUT2D eigenvalue weighted by atomic mass is 28.3. The lowest BCUT2D eigenvalue weighted by molar-refractivity contribution is -0.149. The minimum atomic E-state index is -2.45. The van der Waals surface area contributed by atoms with E-state index >= 15 is 0 Å². The highest BCUT2D eigenvalue weighted by molar-refractivity contribution is 6.91. The van der Waals surface area contributed by atoms with Crippen molar-refractivity contribution >= 4 is 42.5 Å². The minimum Gasteiger partial charge on any atom is -0.497 e. The molecule has 0 saturated carbocycles. The zero-order chi connectivity index (χ0) is 32.1. The number of nitrogens with zero attached hydrogens (tertiary/aromatic N) is 3.